The van der Waals surface area contributed by atoms with Crippen LogP contribution in [0.2, 0.25) is 0 Å². The van der Waals surface area contributed by atoms with E-state index in [2.05, 4.69) is 5.32 Å². The van der Waals surface area contributed by atoms with Crippen LogP contribution in [0, 0.1) is 0 Å². The average molecular weight is 386 g/mol. The fourth-order valence-corrected chi connectivity index (χ4v) is 2.63. The second-order valence-corrected chi connectivity index (χ2v) is 5.92. The second kappa shape index (κ2) is 10.9. The van der Waals surface area contributed by atoms with Crippen molar-refractivity contribution in [2.75, 3.05) is 31.7 Å². The van der Waals surface area contributed by atoms with E-state index < -0.39 is 11.8 Å². The number of anilines is 1. The fourth-order valence-electron chi connectivity index (χ4n) is 2.63. The smallest absolute Gasteiger partial charge is 0.313 e. The molecular formula is C21H26N2O5. The van der Waals surface area contributed by atoms with Crippen molar-refractivity contribution in [2.24, 2.45) is 0 Å². The van der Waals surface area contributed by atoms with Crippen LogP contribution in [0.1, 0.15) is 19.4 Å². The Kier molecular flexibility index (Phi) is 8.30. The van der Waals surface area contributed by atoms with Gasteiger partial charge in [-0.3, -0.25) is 9.59 Å². The van der Waals surface area contributed by atoms with Crippen LogP contribution < -0.4 is 14.8 Å². The Hall–Kier alpha value is -3.06. The molecule has 2 aromatic rings. The number of hydrogen-bond acceptors (Lipinski definition) is 5. The minimum atomic E-state index is -0.781. The number of ether oxygens (including phenoxy) is 2. The van der Waals surface area contributed by atoms with E-state index in [0.29, 0.717) is 30.4 Å². The fraction of sp³-hybridized carbons (Fsp3) is 0.333. The summed E-state index contributed by atoms with van der Waals surface area (Å²) in [5.74, 6) is -0.438. The van der Waals surface area contributed by atoms with Gasteiger partial charge in [0.15, 0.2) is 11.5 Å². The summed E-state index contributed by atoms with van der Waals surface area (Å²) in [7, 11) is 0. The van der Waals surface area contributed by atoms with Crippen LogP contribution in [-0.4, -0.2) is 48.2 Å². The largest absolute Gasteiger partial charge is 0.490 e. The van der Waals surface area contributed by atoms with E-state index >= 15 is 0 Å². The number of aliphatic hydroxyl groups is 1. The summed E-state index contributed by atoms with van der Waals surface area (Å²) in [6, 6.07) is 14.2. The van der Waals surface area contributed by atoms with Gasteiger partial charge in [-0.25, -0.2) is 0 Å². The molecular weight excluding hydrogens is 360 g/mol. The van der Waals surface area contributed by atoms with Crippen LogP contribution in [0.3, 0.4) is 0 Å². The summed E-state index contributed by atoms with van der Waals surface area (Å²) in [4.78, 5) is 26.3. The lowest BCUT2D eigenvalue weighted by Crippen LogP contribution is -2.40. The highest BCUT2D eigenvalue weighted by molar-refractivity contribution is 6.39. The van der Waals surface area contributed by atoms with Crippen LogP contribution in [0.4, 0.5) is 5.69 Å². The molecule has 0 heterocycles. The Morgan fingerprint density at radius 2 is 1.68 bits per heavy atom. The third-order valence-corrected chi connectivity index (χ3v) is 3.87. The van der Waals surface area contributed by atoms with Crippen molar-refractivity contribution in [3.8, 4) is 11.5 Å². The quantitative estimate of drug-likeness (QED) is 0.647. The Balaban J connectivity index is 2.10. The molecule has 0 saturated carbocycles. The van der Waals surface area contributed by atoms with E-state index in [0.717, 1.165) is 5.56 Å². The molecule has 0 unspecified atom stereocenters. The standard InChI is InChI=1S/C21H26N2O5/c1-3-27-18-11-10-17(14-19(18)28-4-2)22-20(25)21(26)23(12-13-24)15-16-8-6-5-7-9-16/h5-11,14,24H,3-4,12-13,15H2,1-2H3,(H,22,25). The van der Waals surface area contributed by atoms with Crippen LogP contribution in [0.5, 0.6) is 11.5 Å². The first kappa shape index (κ1) is 21.2. The van der Waals surface area contributed by atoms with Crippen LogP contribution in [0.25, 0.3) is 0 Å². The van der Waals surface area contributed by atoms with Gasteiger partial charge in [0.25, 0.3) is 0 Å². The van der Waals surface area contributed by atoms with Gasteiger partial charge in [-0.1, -0.05) is 30.3 Å². The van der Waals surface area contributed by atoms with Gasteiger partial charge in [0.05, 0.1) is 19.8 Å². The number of amides is 2. The van der Waals surface area contributed by atoms with Gasteiger partial charge in [0.1, 0.15) is 0 Å². The summed E-state index contributed by atoms with van der Waals surface area (Å²) >= 11 is 0. The zero-order chi connectivity index (χ0) is 20.4. The predicted octanol–water partition coefficient (Wildman–Crippen LogP) is 2.44. The number of nitrogens with one attached hydrogen (secondary N) is 1. The normalized spacial score (nSPS) is 10.2. The van der Waals surface area contributed by atoms with Crippen molar-refractivity contribution < 1.29 is 24.2 Å². The summed E-state index contributed by atoms with van der Waals surface area (Å²) in [5, 5.41) is 11.8. The molecule has 0 aliphatic carbocycles. The maximum absolute atomic E-state index is 12.6. The van der Waals surface area contributed by atoms with Gasteiger partial charge in [-0.15, -0.1) is 0 Å². The molecule has 0 spiro atoms. The first-order chi connectivity index (χ1) is 13.6. The average Bonchev–Trinajstić information content (AvgIpc) is 2.70. The molecule has 0 bridgehead atoms. The van der Waals surface area contributed by atoms with Gasteiger partial charge in [0.2, 0.25) is 0 Å². The molecule has 28 heavy (non-hydrogen) atoms. The van der Waals surface area contributed by atoms with Gasteiger partial charge in [0, 0.05) is 24.8 Å². The van der Waals surface area contributed by atoms with Crippen molar-refractivity contribution in [1.82, 2.24) is 4.90 Å². The Morgan fingerprint density at radius 3 is 2.32 bits per heavy atom. The van der Waals surface area contributed by atoms with Gasteiger partial charge >= 0.3 is 11.8 Å². The Labute approximate surface area is 164 Å². The molecule has 0 aromatic heterocycles. The van der Waals surface area contributed by atoms with Crippen LogP contribution in [-0.2, 0) is 16.1 Å². The van der Waals surface area contributed by atoms with Crippen molar-refractivity contribution in [3.63, 3.8) is 0 Å². The topological polar surface area (TPSA) is 88.1 Å². The third kappa shape index (κ3) is 5.99. The highest BCUT2D eigenvalue weighted by atomic mass is 16.5. The summed E-state index contributed by atoms with van der Waals surface area (Å²) in [5.41, 5.74) is 1.30. The number of carbonyl (C=O) groups excluding carboxylic acids is 2. The summed E-state index contributed by atoms with van der Waals surface area (Å²) < 4.78 is 11.0. The van der Waals surface area contributed by atoms with E-state index in [1.54, 1.807) is 18.2 Å². The molecule has 2 rings (SSSR count). The number of benzene rings is 2. The summed E-state index contributed by atoms with van der Waals surface area (Å²) in [6.07, 6.45) is 0. The van der Waals surface area contributed by atoms with Gasteiger partial charge in [-0.2, -0.15) is 0 Å². The maximum Gasteiger partial charge on any atom is 0.313 e. The molecule has 0 radical (unpaired) electrons. The first-order valence-corrected chi connectivity index (χ1v) is 9.23. The van der Waals surface area contributed by atoms with Crippen molar-refractivity contribution >= 4 is 17.5 Å². The molecule has 0 fully saturated rings. The first-order valence-electron chi connectivity index (χ1n) is 9.23. The van der Waals surface area contributed by atoms with Crippen LogP contribution in [0.15, 0.2) is 48.5 Å². The predicted molar refractivity (Wildman–Crippen MR) is 106 cm³/mol. The van der Waals surface area contributed by atoms with E-state index in [4.69, 9.17) is 9.47 Å². The van der Waals surface area contributed by atoms with Crippen LogP contribution >= 0.6 is 0 Å². The Morgan fingerprint density at radius 1 is 1.00 bits per heavy atom. The second-order valence-electron chi connectivity index (χ2n) is 5.92. The van der Waals surface area contributed by atoms with Gasteiger partial charge < -0.3 is 24.8 Å². The lowest BCUT2D eigenvalue weighted by molar-refractivity contribution is -0.143. The SMILES string of the molecule is CCOc1ccc(NC(=O)C(=O)N(CCO)Cc2ccccc2)cc1OCC. The molecule has 0 atom stereocenters. The molecule has 150 valence electrons. The zero-order valence-electron chi connectivity index (χ0n) is 16.2. The van der Waals surface area contributed by atoms with Crippen molar-refractivity contribution in [3.05, 3.63) is 54.1 Å². The monoisotopic (exact) mass is 386 g/mol. The maximum atomic E-state index is 12.6. The van der Waals surface area contributed by atoms with Crippen molar-refractivity contribution in [2.45, 2.75) is 20.4 Å². The van der Waals surface area contributed by atoms with E-state index in [-0.39, 0.29) is 19.7 Å². The molecule has 2 N–H and O–H groups in total. The lowest BCUT2D eigenvalue weighted by Gasteiger charge is -2.21. The molecule has 2 aromatic carbocycles. The number of hydrogen-bond donors (Lipinski definition) is 2. The van der Waals surface area contributed by atoms with Crippen molar-refractivity contribution in [1.29, 1.82) is 0 Å². The third-order valence-electron chi connectivity index (χ3n) is 3.87. The minimum Gasteiger partial charge on any atom is -0.490 e. The highest BCUT2D eigenvalue weighted by Crippen LogP contribution is 2.30. The summed E-state index contributed by atoms with van der Waals surface area (Å²) in [6.45, 7) is 4.71. The molecule has 7 heteroatoms. The molecule has 2 amide bonds. The molecule has 7 nitrogen and oxygen atoms in total. The lowest BCUT2D eigenvalue weighted by atomic mass is 10.2. The number of nitrogens with zero attached hydrogens (tertiary/aromatic N) is 1. The number of rotatable bonds is 9. The highest BCUT2D eigenvalue weighted by Gasteiger charge is 2.22. The number of carbonyl (C=O) groups is 2. The molecule has 0 aliphatic rings. The van der Waals surface area contributed by atoms with E-state index in [1.807, 2.05) is 44.2 Å². The van der Waals surface area contributed by atoms with Gasteiger partial charge in [-0.05, 0) is 31.5 Å². The van der Waals surface area contributed by atoms with E-state index in [9.17, 15) is 14.7 Å². The zero-order valence-corrected chi connectivity index (χ0v) is 16.2. The molecule has 0 saturated heterocycles. The van der Waals surface area contributed by atoms with E-state index in [1.165, 1.54) is 4.90 Å². The number of aliphatic hydroxyl groups excluding tert-OH is 1. The molecule has 0 aliphatic heterocycles. The minimum absolute atomic E-state index is 0.0641. The Bertz CT molecular complexity index is 780.